The molecular weight excluding hydrogens is 280 g/mol. The van der Waals surface area contributed by atoms with Crippen molar-refractivity contribution in [1.82, 2.24) is 0 Å². The van der Waals surface area contributed by atoms with Crippen LogP contribution >= 0.6 is 0 Å². The minimum Gasteiger partial charge on any atom is -0.392 e. The highest BCUT2D eigenvalue weighted by molar-refractivity contribution is 5.22. The largest absolute Gasteiger partial charge is 0.392 e. The first kappa shape index (κ1) is 20.5. The van der Waals surface area contributed by atoms with E-state index in [0.29, 0.717) is 5.41 Å². The highest BCUT2D eigenvalue weighted by Crippen LogP contribution is 2.42. The van der Waals surface area contributed by atoms with Gasteiger partial charge in [0.2, 0.25) is 0 Å². The molecule has 0 heterocycles. The highest BCUT2D eigenvalue weighted by atomic mass is 16.2. The maximum atomic E-state index is 8.76. The molecule has 0 aromatic rings. The van der Waals surface area contributed by atoms with Gasteiger partial charge in [0.05, 0.1) is 6.61 Å². The molecule has 134 valence electrons. The molecule has 0 saturated heterocycles. The molecule has 0 aliphatic heterocycles. The lowest BCUT2D eigenvalue weighted by Crippen LogP contribution is -2.20. The molecular formula is C22H40O. The molecule has 0 radical (unpaired) electrons. The van der Waals surface area contributed by atoms with E-state index in [2.05, 4.69) is 40.7 Å². The van der Waals surface area contributed by atoms with E-state index in [1.165, 1.54) is 51.4 Å². The third kappa shape index (κ3) is 7.70. The van der Waals surface area contributed by atoms with Gasteiger partial charge in [-0.25, -0.2) is 0 Å². The summed E-state index contributed by atoms with van der Waals surface area (Å²) < 4.78 is 0. The number of rotatable bonds is 10. The van der Waals surface area contributed by atoms with E-state index in [1.807, 2.05) is 6.08 Å². The summed E-state index contributed by atoms with van der Waals surface area (Å²) in [5, 5.41) is 8.76. The second-order valence-corrected chi connectivity index (χ2v) is 8.57. The summed E-state index contributed by atoms with van der Waals surface area (Å²) in [7, 11) is 0. The average Bonchev–Trinajstić information content (AvgIpc) is 2.46. The molecule has 1 aliphatic rings. The average molecular weight is 321 g/mol. The SMILES string of the molecule is CC1=C(CC[C@@H](C)CCC[C@H](C)C/C=C/CO)C(C)(C)CCC1. The van der Waals surface area contributed by atoms with Crippen molar-refractivity contribution >= 4 is 0 Å². The molecule has 0 amide bonds. The van der Waals surface area contributed by atoms with Crippen LogP contribution in [0.1, 0.15) is 92.4 Å². The van der Waals surface area contributed by atoms with Crippen molar-refractivity contribution in [3.05, 3.63) is 23.3 Å². The molecule has 1 aliphatic carbocycles. The molecule has 0 aromatic carbocycles. The van der Waals surface area contributed by atoms with Crippen molar-refractivity contribution in [3.8, 4) is 0 Å². The van der Waals surface area contributed by atoms with Crippen molar-refractivity contribution < 1.29 is 5.11 Å². The first-order valence-electron chi connectivity index (χ1n) is 9.81. The molecule has 23 heavy (non-hydrogen) atoms. The fraction of sp³-hybridized carbons (Fsp3) is 0.818. The van der Waals surface area contributed by atoms with Crippen molar-refractivity contribution in [2.45, 2.75) is 92.4 Å². The van der Waals surface area contributed by atoms with E-state index >= 15 is 0 Å². The van der Waals surface area contributed by atoms with Crippen molar-refractivity contribution in [1.29, 1.82) is 0 Å². The van der Waals surface area contributed by atoms with Crippen LogP contribution in [0.5, 0.6) is 0 Å². The maximum absolute atomic E-state index is 8.76. The van der Waals surface area contributed by atoms with E-state index in [0.717, 1.165) is 18.3 Å². The number of hydrogen-bond donors (Lipinski definition) is 1. The first-order valence-corrected chi connectivity index (χ1v) is 9.81. The number of aliphatic hydroxyl groups excluding tert-OH is 1. The Morgan fingerprint density at radius 2 is 1.78 bits per heavy atom. The number of hydrogen-bond acceptors (Lipinski definition) is 1. The quantitative estimate of drug-likeness (QED) is 0.445. The zero-order valence-corrected chi connectivity index (χ0v) is 16.3. The van der Waals surface area contributed by atoms with E-state index in [9.17, 15) is 0 Å². The van der Waals surface area contributed by atoms with E-state index in [4.69, 9.17) is 5.11 Å². The fourth-order valence-corrected chi connectivity index (χ4v) is 4.10. The van der Waals surface area contributed by atoms with Crippen LogP contribution < -0.4 is 0 Å². The van der Waals surface area contributed by atoms with Gasteiger partial charge in [-0.2, -0.15) is 0 Å². The lowest BCUT2D eigenvalue weighted by molar-refractivity contribution is 0.339. The van der Waals surface area contributed by atoms with Gasteiger partial charge in [0.1, 0.15) is 0 Å². The molecule has 1 N–H and O–H groups in total. The van der Waals surface area contributed by atoms with Crippen LogP contribution in [0.15, 0.2) is 23.3 Å². The third-order valence-electron chi connectivity index (χ3n) is 5.78. The molecule has 1 heteroatoms. The van der Waals surface area contributed by atoms with Crippen LogP contribution in [0.3, 0.4) is 0 Å². The fourth-order valence-electron chi connectivity index (χ4n) is 4.10. The Morgan fingerprint density at radius 3 is 2.43 bits per heavy atom. The Morgan fingerprint density at radius 1 is 1.09 bits per heavy atom. The van der Waals surface area contributed by atoms with Gasteiger partial charge in [0.25, 0.3) is 0 Å². The highest BCUT2D eigenvalue weighted by Gasteiger charge is 2.27. The molecule has 0 saturated carbocycles. The van der Waals surface area contributed by atoms with Crippen LogP contribution in [0.25, 0.3) is 0 Å². The molecule has 1 rings (SSSR count). The number of allylic oxidation sites excluding steroid dienone is 3. The zero-order chi connectivity index (χ0) is 17.3. The van der Waals surface area contributed by atoms with Gasteiger partial charge in [-0.05, 0) is 62.7 Å². The van der Waals surface area contributed by atoms with Gasteiger partial charge in [-0.1, -0.05) is 70.3 Å². The van der Waals surface area contributed by atoms with Gasteiger partial charge < -0.3 is 5.11 Å². The van der Waals surface area contributed by atoms with Gasteiger partial charge in [-0.15, -0.1) is 0 Å². The second kappa shape index (κ2) is 10.3. The Hall–Kier alpha value is -0.560. The standard InChI is InChI=1S/C22H40O/c1-18(10-6-7-17-23)11-8-12-19(2)14-15-21-20(3)13-9-16-22(21,4)5/h6-7,18-19,23H,8-17H2,1-5H3/b7-6+/t18-,19+/m1/s1. The predicted octanol–water partition coefficient (Wildman–Crippen LogP) is 6.67. The third-order valence-corrected chi connectivity index (χ3v) is 5.78. The van der Waals surface area contributed by atoms with Crippen LogP contribution in [0.4, 0.5) is 0 Å². The minimum absolute atomic E-state index is 0.176. The molecule has 0 spiro atoms. The summed E-state index contributed by atoms with van der Waals surface area (Å²) in [6, 6.07) is 0. The van der Waals surface area contributed by atoms with Gasteiger partial charge in [0, 0.05) is 0 Å². The van der Waals surface area contributed by atoms with Crippen molar-refractivity contribution in [3.63, 3.8) is 0 Å². The van der Waals surface area contributed by atoms with Crippen LogP contribution in [0, 0.1) is 17.3 Å². The summed E-state index contributed by atoms with van der Waals surface area (Å²) in [5.41, 5.74) is 3.88. The molecule has 1 nitrogen and oxygen atoms in total. The lowest BCUT2D eigenvalue weighted by atomic mass is 9.70. The van der Waals surface area contributed by atoms with Crippen LogP contribution in [-0.4, -0.2) is 11.7 Å². The van der Waals surface area contributed by atoms with Gasteiger partial charge >= 0.3 is 0 Å². The molecule has 0 fully saturated rings. The maximum Gasteiger partial charge on any atom is 0.0612 e. The normalized spacial score (nSPS) is 21.0. The van der Waals surface area contributed by atoms with Crippen LogP contribution in [0.2, 0.25) is 0 Å². The summed E-state index contributed by atoms with van der Waals surface area (Å²) in [4.78, 5) is 0. The van der Waals surface area contributed by atoms with E-state index in [-0.39, 0.29) is 6.61 Å². The van der Waals surface area contributed by atoms with E-state index in [1.54, 1.807) is 11.1 Å². The summed E-state index contributed by atoms with van der Waals surface area (Å²) >= 11 is 0. The zero-order valence-electron chi connectivity index (χ0n) is 16.3. The molecule has 0 aromatic heterocycles. The van der Waals surface area contributed by atoms with Crippen molar-refractivity contribution in [2.75, 3.05) is 6.61 Å². The summed E-state index contributed by atoms with van der Waals surface area (Å²) in [6.07, 6.45) is 15.8. The smallest absolute Gasteiger partial charge is 0.0612 e. The first-order chi connectivity index (χ1) is 10.9. The summed E-state index contributed by atoms with van der Waals surface area (Å²) in [5.74, 6) is 1.58. The van der Waals surface area contributed by atoms with E-state index < -0.39 is 0 Å². The second-order valence-electron chi connectivity index (χ2n) is 8.57. The minimum atomic E-state index is 0.176. The Labute approximate surface area is 145 Å². The molecule has 0 unspecified atom stereocenters. The molecule has 0 bridgehead atoms. The summed E-state index contributed by atoms with van der Waals surface area (Å²) in [6.45, 7) is 12.2. The Kier molecular flexibility index (Phi) is 9.20. The van der Waals surface area contributed by atoms with Crippen LogP contribution in [-0.2, 0) is 0 Å². The molecule has 2 atom stereocenters. The Balaban J connectivity index is 2.26. The predicted molar refractivity (Wildman–Crippen MR) is 103 cm³/mol. The Bertz CT molecular complexity index is 389. The van der Waals surface area contributed by atoms with Gasteiger partial charge in [-0.3, -0.25) is 0 Å². The number of aliphatic hydroxyl groups is 1. The topological polar surface area (TPSA) is 20.2 Å². The monoisotopic (exact) mass is 320 g/mol. The van der Waals surface area contributed by atoms with Gasteiger partial charge in [0.15, 0.2) is 0 Å². The van der Waals surface area contributed by atoms with Crippen molar-refractivity contribution in [2.24, 2.45) is 17.3 Å². The lowest BCUT2D eigenvalue weighted by Gasteiger charge is -2.35.